The van der Waals surface area contributed by atoms with E-state index in [4.69, 9.17) is 33.2 Å². The number of esters is 1. The summed E-state index contributed by atoms with van der Waals surface area (Å²) in [6.07, 6.45) is 1.73. The third kappa shape index (κ3) is 12.5. The highest BCUT2D eigenvalue weighted by Crippen LogP contribution is 2.41. The van der Waals surface area contributed by atoms with Crippen LogP contribution in [0.5, 0.6) is 11.5 Å². The van der Waals surface area contributed by atoms with Gasteiger partial charge >= 0.3 is 18.2 Å². The van der Waals surface area contributed by atoms with E-state index in [1.54, 1.807) is 13.0 Å². The standard InChI is InChI=1S/C36H55N3O11/c1-6-44-33(41)29(16-24(4)5)39-32(40)12-10-26-18-28(48-35(43)38-20-25-9-11-30-31(17-25)47-22-46-30)19-36(49-26)14-7-8-27(50-36)21-45-34(42)37-15-13-23(2)3/h9,11,17,23-24,26-29H,6-8,10,12-16,18-22H2,1-5H3,(H,37,42)(H,38,43)(H,39,40)/t26-,27-,28-,29+,36+/m1/s1. The summed E-state index contributed by atoms with van der Waals surface area (Å²) in [6.45, 7) is 11.0. The molecule has 14 nitrogen and oxygen atoms in total. The first-order chi connectivity index (χ1) is 23.9. The van der Waals surface area contributed by atoms with E-state index in [9.17, 15) is 19.2 Å². The maximum absolute atomic E-state index is 13.0. The van der Waals surface area contributed by atoms with Crippen LogP contribution in [0.1, 0.15) is 98.0 Å². The Labute approximate surface area is 294 Å². The van der Waals surface area contributed by atoms with Crippen LogP contribution >= 0.6 is 0 Å². The van der Waals surface area contributed by atoms with Crippen LogP contribution in [0.4, 0.5) is 9.59 Å². The first-order valence-electron chi connectivity index (χ1n) is 18.0. The second-order valence-electron chi connectivity index (χ2n) is 14.0. The van der Waals surface area contributed by atoms with Crippen molar-refractivity contribution in [3.63, 3.8) is 0 Å². The number of carbonyl (C=O) groups excluding carboxylic acids is 4. The molecule has 0 aromatic heterocycles. The highest BCUT2D eigenvalue weighted by molar-refractivity contribution is 5.84. The molecule has 1 spiro atoms. The fourth-order valence-electron chi connectivity index (χ4n) is 6.35. The third-order valence-corrected chi connectivity index (χ3v) is 8.76. The van der Waals surface area contributed by atoms with Crippen LogP contribution in [0.25, 0.3) is 0 Å². The predicted octanol–water partition coefficient (Wildman–Crippen LogP) is 5.10. The molecule has 0 unspecified atom stereocenters. The van der Waals surface area contributed by atoms with Gasteiger partial charge in [-0.1, -0.05) is 33.8 Å². The molecule has 0 saturated carbocycles. The Bertz CT molecular complexity index is 1290. The second kappa shape index (κ2) is 19.0. The Morgan fingerprint density at radius 2 is 1.74 bits per heavy atom. The number of rotatable bonds is 16. The summed E-state index contributed by atoms with van der Waals surface area (Å²) < 4.78 is 40.4. The lowest BCUT2D eigenvalue weighted by atomic mass is 9.90. The number of hydrogen-bond acceptors (Lipinski definition) is 11. The third-order valence-electron chi connectivity index (χ3n) is 8.76. The van der Waals surface area contributed by atoms with Crippen molar-refractivity contribution in [3.05, 3.63) is 23.8 Å². The van der Waals surface area contributed by atoms with Gasteiger partial charge in [0.1, 0.15) is 18.8 Å². The number of benzene rings is 1. The van der Waals surface area contributed by atoms with Gasteiger partial charge in [-0.05, 0) is 68.6 Å². The quantitative estimate of drug-likeness (QED) is 0.155. The van der Waals surface area contributed by atoms with Crippen molar-refractivity contribution in [3.8, 4) is 11.5 Å². The van der Waals surface area contributed by atoms with Crippen molar-refractivity contribution in [1.29, 1.82) is 0 Å². The van der Waals surface area contributed by atoms with E-state index < -0.39 is 48.3 Å². The molecule has 280 valence electrons. The summed E-state index contributed by atoms with van der Waals surface area (Å²) in [6, 6.07) is 4.70. The molecule has 3 aliphatic heterocycles. The molecule has 4 rings (SSSR count). The zero-order valence-corrected chi connectivity index (χ0v) is 30.1. The monoisotopic (exact) mass is 705 g/mol. The minimum Gasteiger partial charge on any atom is -0.464 e. The van der Waals surface area contributed by atoms with Crippen LogP contribution in [0.3, 0.4) is 0 Å². The Kier molecular flexibility index (Phi) is 14.8. The van der Waals surface area contributed by atoms with Gasteiger partial charge < -0.3 is 49.1 Å². The lowest BCUT2D eigenvalue weighted by molar-refractivity contribution is -0.329. The normalized spacial score (nSPS) is 23.3. The van der Waals surface area contributed by atoms with Crippen LogP contribution in [0.2, 0.25) is 0 Å². The van der Waals surface area contributed by atoms with Gasteiger partial charge in [-0.3, -0.25) is 4.79 Å². The van der Waals surface area contributed by atoms with Crippen LogP contribution in [0, 0.1) is 11.8 Å². The van der Waals surface area contributed by atoms with Gasteiger partial charge in [-0.15, -0.1) is 0 Å². The van der Waals surface area contributed by atoms with E-state index in [-0.39, 0.29) is 51.2 Å². The Hall–Kier alpha value is -3.78. The minimum absolute atomic E-state index is 0.0539. The van der Waals surface area contributed by atoms with Gasteiger partial charge in [-0.25, -0.2) is 14.4 Å². The zero-order valence-electron chi connectivity index (χ0n) is 30.1. The lowest BCUT2D eigenvalue weighted by Gasteiger charge is -2.47. The van der Waals surface area contributed by atoms with Crippen molar-refractivity contribution < 1.29 is 52.3 Å². The molecule has 3 N–H and O–H groups in total. The van der Waals surface area contributed by atoms with Crippen molar-refractivity contribution in [1.82, 2.24) is 16.0 Å². The molecule has 2 saturated heterocycles. The van der Waals surface area contributed by atoms with Gasteiger partial charge in [0.2, 0.25) is 12.7 Å². The number of hydrogen-bond donors (Lipinski definition) is 3. The van der Waals surface area contributed by atoms with Crippen LogP contribution < -0.4 is 25.4 Å². The molecule has 3 amide bonds. The van der Waals surface area contributed by atoms with Gasteiger partial charge in [0.25, 0.3) is 0 Å². The molecule has 0 bridgehead atoms. The molecule has 50 heavy (non-hydrogen) atoms. The van der Waals surface area contributed by atoms with Crippen molar-refractivity contribution in [2.45, 2.75) is 129 Å². The number of nitrogens with one attached hydrogen (secondary N) is 3. The Balaban J connectivity index is 1.37. The summed E-state index contributed by atoms with van der Waals surface area (Å²) in [5, 5.41) is 8.40. The fourth-order valence-corrected chi connectivity index (χ4v) is 6.35. The van der Waals surface area contributed by atoms with Crippen molar-refractivity contribution in [2.24, 2.45) is 11.8 Å². The molecule has 1 aromatic rings. The number of alkyl carbamates (subject to hydrolysis) is 2. The maximum Gasteiger partial charge on any atom is 0.407 e. The molecule has 14 heteroatoms. The number of amides is 3. The molecule has 2 fully saturated rings. The maximum atomic E-state index is 13.0. The molecule has 1 aromatic carbocycles. The fraction of sp³-hybridized carbons (Fsp3) is 0.722. The highest BCUT2D eigenvalue weighted by atomic mass is 16.7. The smallest absolute Gasteiger partial charge is 0.407 e. The summed E-state index contributed by atoms with van der Waals surface area (Å²) in [5.41, 5.74) is 0.823. The second-order valence-corrected chi connectivity index (χ2v) is 14.0. The van der Waals surface area contributed by atoms with E-state index in [1.807, 2.05) is 26.0 Å². The van der Waals surface area contributed by atoms with Gasteiger partial charge in [-0.2, -0.15) is 0 Å². The Morgan fingerprint density at radius 3 is 2.50 bits per heavy atom. The first kappa shape index (κ1) is 39.0. The Morgan fingerprint density at radius 1 is 0.960 bits per heavy atom. The SMILES string of the molecule is CCOC(=O)[C@H](CC(C)C)NC(=O)CC[C@@H]1C[C@@H](OC(=O)NCc2ccc3c(c2)OCO3)C[C@@]2(CCC[C@H](COC(=O)NCCC(C)C)O2)O1. The van der Waals surface area contributed by atoms with Crippen molar-refractivity contribution in [2.75, 3.05) is 26.6 Å². The summed E-state index contributed by atoms with van der Waals surface area (Å²) >= 11 is 0. The molecular weight excluding hydrogens is 650 g/mol. The molecule has 3 aliphatic rings. The van der Waals surface area contributed by atoms with Gasteiger partial charge in [0.15, 0.2) is 17.3 Å². The van der Waals surface area contributed by atoms with Crippen LogP contribution in [-0.4, -0.2) is 80.8 Å². The molecule has 0 aliphatic carbocycles. The average molecular weight is 706 g/mol. The van der Waals surface area contributed by atoms with E-state index in [1.165, 1.54) is 0 Å². The van der Waals surface area contributed by atoms with E-state index >= 15 is 0 Å². The number of fused-ring (bicyclic) bond motifs is 1. The average Bonchev–Trinajstić information content (AvgIpc) is 3.53. The largest absolute Gasteiger partial charge is 0.464 e. The predicted molar refractivity (Wildman–Crippen MR) is 181 cm³/mol. The summed E-state index contributed by atoms with van der Waals surface area (Å²) in [5.74, 6) is 0.0571. The molecule has 5 atom stereocenters. The highest BCUT2D eigenvalue weighted by Gasteiger charge is 2.47. The van der Waals surface area contributed by atoms with Crippen LogP contribution in [0.15, 0.2) is 18.2 Å². The topological polar surface area (TPSA) is 169 Å². The molecule has 0 radical (unpaired) electrons. The van der Waals surface area contributed by atoms with Gasteiger partial charge in [0.05, 0.1) is 18.8 Å². The van der Waals surface area contributed by atoms with Crippen molar-refractivity contribution >= 4 is 24.1 Å². The van der Waals surface area contributed by atoms with E-state index in [2.05, 4.69) is 29.8 Å². The molecular formula is C36H55N3O11. The van der Waals surface area contributed by atoms with Gasteiger partial charge in [0, 0.05) is 38.8 Å². The number of carbonyl (C=O) groups is 4. The van der Waals surface area contributed by atoms with Crippen LogP contribution in [-0.2, 0) is 39.8 Å². The summed E-state index contributed by atoms with van der Waals surface area (Å²) in [4.78, 5) is 50.8. The molecule has 3 heterocycles. The lowest BCUT2D eigenvalue weighted by Crippen LogP contribution is -2.54. The minimum atomic E-state index is -1.09. The van der Waals surface area contributed by atoms with E-state index in [0.29, 0.717) is 56.1 Å². The summed E-state index contributed by atoms with van der Waals surface area (Å²) in [7, 11) is 0. The number of ether oxygens (including phenoxy) is 7. The first-order valence-corrected chi connectivity index (χ1v) is 18.0. The zero-order chi connectivity index (χ0) is 36.1. The van der Waals surface area contributed by atoms with E-state index in [0.717, 1.165) is 18.4 Å².